The third kappa shape index (κ3) is 2.73. The topological polar surface area (TPSA) is 55.6 Å². The number of amides is 1. The van der Waals surface area contributed by atoms with Gasteiger partial charge >= 0.3 is 0 Å². The second-order valence-electron chi connectivity index (χ2n) is 6.55. The lowest BCUT2D eigenvalue weighted by molar-refractivity contribution is -0.0754. The van der Waals surface area contributed by atoms with Gasteiger partial charge in [-0.15, -0.1) is 0 Å². The van der Waals surface area contributed by atoms with Gasteiger partial charge in [0, 0.05) is 12.1 Å². The van der Waals surface area contributed by atoms with Gasteiger partial charge in [0.2, 0.25) is 5.89 Å². The molecule has 1 aromatic heterocycles. The lowest BCUT2D eigenvalue weighted by Crippen LogP contribution is -2.55. The van der Waals surface area contributed by atoms with Crippen LogP contribution in [0.2, 0.25) is 0 Å². The molecule has 2 aromatic rings. The Hall–Kier alpha value is -2.14. The van der Waals surface area contributed by atoms with E-state index in [1.54, 1.807) is 0 Å². The molecule has 2 fully saturated rings. The van der Waals surface area contributed by atoms with Crippen LogP contribution in [-0.4, -0.2) is 41.1 Å². The monoisotopic (exact) mass is 326 g/mol. The van der Waals surface area contributed by atoms with Gasteiger partial charge in [-0.05, 0) is 31.9 Å². The Morgan fingerprint density at radius 3 is 2.83 bits per heavy atom. The Kier molecular flexibility index (Phi) is 4.10. The smallest absolute Gasteiger partial charge is 0.276 e. The minimum Gasteiger partial charge on any atom is -0.441 e. The predicted molar refractivity (Wildman–Crippen MR) is 89.7 cm³/mol. The van der Waals surface area contributed by atoms with Gasteiger partial charge in [0.05, 0.1) is 18.8 Å². The molecule has 0 spiro atoms. The summed E-state index contributed by atoms with van der Waals surface area (Å²) < 4.78 is 11.6. The van der Waals surface area contributed by atoms with Gasteiger partial charge in [-0.1, -0.05) is 31.0 Å². The van der Waals surface area contributed by atoms with Crippen molar-refractivity contribution >= 4 is 5.91 Å². The van der Waals surface area contributed by atoms with E-state index >= 15 is 0 Å². The van der Waals surface area contributed by atoms with Crippen molar-refractivity contribution in [3.63, 3.8) is 0 Å². The molecular weight excluding hydrogens is 304 g/mol. The van der Waals surface area contributed by atoms with Gasteiger partial charge in [0.25, 0.3) is 5.91 Å². The van der Waals surface area contributed by atoms with E-state index in [1.807, 2.05) is 42.2 Å². The zero-order chi connectivity index (χ0) is 16.5. The molecule has 5 heteroatoms. The molecule has 24 heavy (non-hydrogen) atoms. The summed E-state index contributed by atoms with van der Waals surface area (Å²) in [5.74, 6) is 1.06. The summed E-state index contributed by atoms with van der Waals surface area (Å²) >= 11 is 0. The normalized spacial score (nSPS) is 23.8. The first-order valence-electron chi connectivity index (χ1n) is 8.69. The van der Waals surface area contributed by atoms with E-state index < -0.39 is 0 Å². The summed E-state index contributed by atoms with van der Waals surface area (Å²) in [6.45, 7) is 3.05. The van der Waals surface area contributed by atoms with E-state index in [1.165, 1.54) is 6.42 Å². The van der Waals surface area contributed by atoms with Crippen LogP contribution in [0.1, 0.15) is 41.9 Å². The molecule has 0 radical (unpaired) electrons. The molecule has 2 atom stereocenters. The van der Waals surface area contributed by atoms with Gasteiger partial charge in [-0.3, -0.25) is 4.79 Å². The van der Waals surface area contributed by atoms with E-state index in [9.17, 15) is 4.79 Å². The van der Waals surface area contributed by atoms with Crippen LogP contribution in [0.5, 0.6) is 0 Å². The van der Waals surface area contributed by atoms with Crippen molar-refractivity contribution in [2.75, 3.05) is 13.2 Å². The molecule has 1 saturated carbocycles. The van der Waals surface area contributed by atoms with E-state index in [2.05, 4.69) is 4.98 Å². The number of aryl methyl sites for hydroxylation is 1. The number of rotatable bonds is 2. The van der Waals surface area contributed by atoms with Crippen molar-refractivity contribution in [2.45, 2.75) is 44.8 Å². The second kappa shape index (κ2) is 6.40. The highest BCUT2D eigenvalue weighted by Gasteiger charge is 2.38. The average molecular weight is 326 g/mol. The van der Waals surface area contributed by atoms with E-state index in [-0.39, 0.29) is 18.1 Å². The van der Waals surface area contributed by atoms with Crippen molar-refractivity contribution in [2.24, 2.45) is 0 Å². The molecule has 126 valence electrons. The summed E-state index contributed by atoms with van der Waals surface area (Å²) in [6.07, 6.45) is 4.57. The summed E-state index contributed by atoms with van der Waals surface area (Å²) in [5, 5.41) is 0. The molecule has 1 aliphatic heterocycles. The Labute approximate surface area is 141 Å². The number of aromatic nitrogens is 1. The fourth-order valence-electron chi connectivity index (χ4n) is 3.78. The fraction of sp³-hybridized carbons (Fsp3) is 0.474. The van der Waals surface area contributed by atoms with Crippen molar-refractivity contribution in [3.05, 3.63) is 41.8 Å². The maximum atomic E-state index is 13.1. The fourth-order valence-corrected chi connectivity index (χ4v) is 3.78. The number of hydrogen-bond donors (Lipinski definition) is 0. The first-order valence-corrected chi connectivity index (χ1v) is 8.69. The third-order valence-electron chi connectivity index (χ3n) is 5.01. The minimum absolute atomic E-state index is 0.0290. The van der Waals surface area contributed by atoms with Crippen molar-refractivity contribution in [1.29, 1.82) is 0 Å². The first-order chi connectivity index (χ1) is 11.7. The quantitative estimate of drug-likeness (QED) is 0.848. The standard InChI is InChI=1S/C19H22N2O3/c1-13-17(20-18(24-13)14-7-3-2-4-8-14)19(22)21-11-12-23-16-10-6-5-9-15(16)21/h2-4,7-8,15-16H,5-6,9-12H2,1H3. The van der Waals surface area contributed by atoms with Crippen LogP contribution >= 0.6 is 0 Å². The number of carbonyl (C=O) groups is 1. The van der Waals surface area contributed by atoms with Gasteiger partial charge < -0.3 is 14.1 Å². The van der Waals surface area contributed by atoms with E-state index in [4.69, 9.17) is 9.15 Å². The summed E-state index contributed by atoms with van der Waals surface area (Å²) in [5.41, 5.74) is 1.32. The number of morpholine rings is 1. The Morgan fingerprint density at radius 1 is 1.21 bits per heavy atom. The van der Waals surface area contributed by atoms with Gasteiger partial charge in [0.15, 0.2) is 5.69 Å². The highest BCUT2D eigenvalue weighted by molar-refractivity contribution is 5.94. The van der Waals surface area contributed by atoms with Crippen molar-refractivity contribution in [3.8, 4) is 11.5 Å². The number of hydrogen-bond acceptors (Lipinski definition) is 4. The number of benzene rings is 1. The predicted octanol–water partition coefficient (Wildman–Crippen LogP) is 3.43. The Morgan fingerprint density at radius 2 is 2.00 bits per heavy atom. The highest BCUT2D eigenvalue weighted by atomic mass is 16.5. The zero-order valence-electron chi connectivity index (χ0n) is 13.9. The number of nitrogens with zero attached hydrogens (tertiary/aromatic N) is 2. The lowest BCUT2D eigenvalue weighted by atomic mass is 9.90. The summed E-state index contributed by atoms with van der Waals surface area (Å²) in [4.78, 5) is 19.5. The molecule has 2 heterocycles. The highest BCUT2D eigenvalue weighted by Crippen LogP contribution is 2.30. The van der Waals surface area contributed by atoms with Crippen LogP contribution in [0.25, 0.3) is 11.5 Å². The average Bonchev–Trinajstić information content (AvgIpc) is 3.03. The van der Waals surface area contributed by atoms with Crippen LogP contribution < -0.4 is 0 Å². The Bertz CT molecular complexity index is 723. The van der Waals surface area contributed by atoms with E-state index in [0.29, 0.717) is 30.5 Å². The molecule has 5 nitrogen and oxygen atoms in total. The maximum Gasteiger partial charge on any atom is 0.276 e. The zero-order valence-corrected chi connectivity index (χ0v) is 13.9. The van der Waals surface area contributed by atoms with Crippen molar-refractivity contribution in [1.82, 2.24) is 9.88 Å². The molecule has 0 N–H and O–H groups in total. The van der Waals surface area contributed by atoms with Gasteiger partial charge in [0.1, 0.15) is 5.76 Å². The largest absolute Gasteiger partial charge is 0.441 e. The third-order valence-corrected chi connectivity index (χ3v) is 5.01. The second-order valence-corrected chi connectivity index (χ2v) is 6.55. The maximum absolute atomic E-state index is 13.1. The van der Waals surface area contributed by atoms with Crippen LogP contribution in [0.4, 0.5) is 0 Å². The van der Waals surface area contributed by atoms with Crippen LogP contribution in [0, 0.1) is 6.92 Å². The number of fused-ring (bicyclic) bond motifs is 1. The summed E-state index contributed by atoms with van der Waals surface area (Å²) in [6, 6.07) is 9.87. The lowest BCUT2D eigenvalue weighted by Gasteiger charge is -2.43. The summed E-state index contributed by atoms with van der Waals surface area (Å²) in [7, 11) is 0. The number of oxazole rings is 1. The molecule has 2 aliphatic rings. The molecule has 1 saturated heterocycles. The molecule has 1 amide bonds. The molecule has 0 bridgehead atoms. The van der Waals surface area contributed by atoms with Gasteiger partial charge in [-0.25, -0.2) is 4.98 Å². The molecule has 4 rings (SSSR count). The minimum atomic E-state index is -0.0290. The van der Waals surface area contributed by atoms with Crippen LogP contribution in [0.3, 0.4) is 0 Å². The number of carbonyl (C=O) groups excluding carboxylic acids is 1. The molecule has 2 unspecified atom stereocenters. The molecule has 1 aliphatic carbocycles. The Balaban J connectivity index is 1.61. The van der Waals surface area contributed by atoms with E-state index in [0.717, 1.165) is 24.8 Å². The molecule has 1 aromatic carbocycles. The van der Waals surface area contributed by atoms with Crippen LogP contribution in [-0.2, 0) is 4.74 Å². The van der Waals surface area contributed by atoms with Crippen molar-refractivity contribution < 1.29 is 13.9 Å². The SMILES string of the molecule is Cc1oc(-c2ccccc2)nc1C(=O)N1CCOC2CCCCC21. The first kappa shape index (κ1) is 15.4. The van der Waals surface area contributed by atoms with Crippen LogP contribution in [0.15, 0.2) is 34.7 Å². The van der Waals surface area contributed by atoms with Gasteiger partial charge in [-0.2, -0.15) is 0 Å². The number of ether oxygens (including phenoxy) is 1. The molecular formula is C19H22N2O3.